The van der Waals surface area contributed by atoms with Gasteiger partial charge in [-0.25, -0.2) is 4.39 Å². The van der Waals surface area contributed by atoms with Crippen LogP contribution in [0.3, 0.4) is 0 Å². The Morgan fingerprint density at radius 1 is 0.971 bits per heavy atom. The molecule has 0 radical (unpaired) electrons. The number of halogens is 1. The third-order valence-electron chi connectivity index (χ3n) is 7.01. The molecular weight excluding hydrogens is 443 g/mol. The van der Waals surface area contributed by atoms with Crippen molar-refractivity contribution < 1.29 is 14.2 Å². The lowest BCUT2D eigenvalue weighted by Gasteiger charge is -2.32. The summed E-state index contributed by atoms with van der Waals surface area (Å²) in [6.07, 6.45) is 3.42. The number of aromatic nitrogens is 1. The van der Waals surface area contributed by atoms with Gasteiger partial charge in [0.2, 0.25) is 0 Å². The van der Waals surface area contributed by atoms with E-state index < -0.39 is 6.10 Å². The predicted molar refractivity (Wildman–Crippen MR) is 135 cm³/mol. The molecule has 2 aliphatic rings. The molecule has 5 rings (SSSR count). The number of rotatable bonds is 7. The number of fused-ring (bicyclic) bond motifs is 2. The Hall–Kier alpha value is -3.00. The number of benzene rings is 2. The third kappa shape index (κ3) is 5.81. The van der Waals surface area contributed by atoms with Crippen molar-refractivity contribution in [1.29, 1.82) is 0 Å². The fourth-order valence-electron chi connectivity index (χ4n) is 5.06. The molecule has 6 nitrogen and oxygen atoms in total. The number of β-amino-alcohol motifs (C(OH)–C–C–N with tert-alkyl or cyclic N) is 1. The SMILES string of the molecule is CN1CCN(CC(O)CN2CCc3ccccc3C2)Cc2ccc(OCc3ccncc3F)cc21. The van der Waals surface area contributed by atoms with Gasteiger partial charge in [-0.1, -0.05) is 30.3 Å². The quantitative estimate of drug-likeness (QED) is 0.564. The van der Waals surface area contributed by atoms with Crippen molar-refractivity contribution in [2.75, 3.05) is 44.7 Å². The Balaban J connectivity index is 1.18. The molecule has 35 heavy (non-hydrogen) atoms. The van der Waals surface area contributed by atoms with Crippen LogP contribution in [0.5, 0.6) is 5.75 Å². The molecule has 3 aromatic rings. The highest BCUT2D eigenvalue weighted by molar-refractivity contribution is 5.57. The number of aliphatic hydroxyl groups is 1. The molecule has 1 unspecified atom stereocenters. The standard InChI is InChI=1S/C28H33FN4O2/c1-31-12-13-33(19-25(34)18-32-11-9-21-4-2-3-5-22(21)16-32)17-23-6-7-26(14-28(23)31)35-20-24-8-10-30-15-27(24)29/h2-8,10,14-15,25,34H,9,11-13,16-20H2,1H3. The lowest BCUT2D eigenvalue weighted by atomic mass is 10.00. The maximum atomic E-state index is 13.9. The van der Waals surface area contributed by atoms with Crippen molar-refractivity contribution in [3.8, 4) is 5.75 Å². The second-order valence-electron chi connectivity index (χ2n) is 9.61. The first-order chi connectivity index (χ1) is 17.0. The van der Waals surface area contributed by atoms with Gasteiger partial charge in [0.1, 0.15) is 18.2 Å². The maximum Gasteiger partial charge on any atom is 0.148 e. The number of aliphatic hydroxyl groups excluding tert-OH is 1. The highest BCUT2D eigenvalue weighted by atomic mass is 19.1. The van der Waals surface area contributed by atoms with E-state index in [4.69, 9.17) is 4.74 Å². The van der Waals surface area contributed by atoms with Crippen LogP contribution in [0.1, 0.15) is 22.3 Å². The molecule has 0 spiro atoms. The lowest BCUT2D eigenvalue weighted by Crippen LogP contribution is -2.42. The summed E-state index contributed by atoms with van der Waals surface area (Å²) in [5, 5.41) is 10.9. The number of hydrogen-bond acceptors (Lipinski definition) is 6. The second-order valence-corrected chi connectivity index (χ2v) is 9.61. The zero-order valence-electron chi connectivity index (χ0n) is 20.2. The molecule has 0 saturated heterocycles. The molecule has 0 saturated carbocycles. The summed E-state index contributed by atoms with van der Waals surface area (Å²) in [6, 6.07) is 16.3. The summed E-state index contributed by atoms with van der Waals surface area (Å²) in [5.74, 6) is 0.355. The van der Waals surface area contributed by atoms with Gasteiger partial charge in [-0.3, -0.25) is 14.8 Å². The first-order valence-corrected chi connectivity index (χ1v) is 12.3. The van der Waals surface area contributed by atoms with Crippen LogP contribution in [0, 0.1) is 5.82 Å². The predicted octanol–water partition coefficient (Wildman–Crippen LogP) is 3.47. The van der Waals surface area contributed by atoms with Crippen LogP contribution < -0.4 is 9.64 Å². The number of anilines is 1. The van der Waals surface area contributed by atoms with Crippen LogP contribution in [0.15, 0.2) is 60.9 Å². The molecule has 2 aliphatic heterocycles. The van der Waals surface area contributed by atoms with E-state index in [0.29, 0.717) is 24.4 Å². The minimum atomic E-state index is -0.398. The molecule has 0 aliphatic carbocycles. The van der Waals surface area contributed by atoms with Crippen molar-refractivity contribution in [2.45, 2.75) is 32.2 Å². The van der Waals surface area contributed by atoms with Crippen LogP contribution >= 0.6 is 0 Å². The number of nitrogens with zero attached hydrogens (tertiary/aromatic N) is 4. The van der Waals surface area contributed by atoms with Crippen LogP contribution in [-0.2, 0) is 26.1 Å². The monoisotopic (exact) mass is 476 g/mol. The zero-order valence-corrected chi connectivity index (χ0v) is 20.2. The number of likely N-dealkylation sites (N-methyl/N-ethyl adjacent to an activating group) is 1. The summed E-state index contributed by atoms with van der Waals surface area (Å²) in [7, 11) is 2.08. The van der Waals surface area contributed by atoms with Crippen molar-refractivity contribution in [1.82, 2.24) is 14.8 Å². The van der Waals surface area contributed by atoms with Gasteiger partial charge in [-0.05, 0) is 35.2 Å². The fourth-order valence-corrected chi connectivity index (χ4v) is 5.06. The number of hydrogen-bond donors (Lipinski definition) is 1. The van der Waals surface area contributed by atoms with E-state index in [1.807, 2.05) is 12.1 Å². The normalized spacial score (nSPS) is 17.4. The molecule has 1 aromatic heterocycles. The smallest absolute Gasteiger partial charge is 0.148 e. The van der Waals surface area contributed by atoms with Gasteiger partial charge >= 0.3 is 0 Å². The molecule has 0 fully saturated rings. The highest BCUT2D eigenvalue weighted by Crippen LogP contribution is 2.29. The Bertz CT molecular complexity index is 1160. The van der Waals surface area contributed by atoms with E-state index in [-0.39, 0.29) is 12.4 Å². The van der Waals surface area contributed by atoms with E-state index in [9.17, 15) is 9.50 Å². The van der Waals surface area contributed by atoms with Gasteiger partial charge in [0.05, 0.1) is 12.3 Å². The van der Waals surface area contributed by atoms with Crippen LogP contribution in [0.2, 0.25) is 0 Å². The summed E-state index contributed by atoms with van der Waals surface area (Å²) in [5.41, 5.74) is 5.61. The molecule has 2 aromatic carbocycles. The largest absolute Gasteiger partial charge is 0.489 e. The lowest BCUT2D eigenvalue weighted by molar-refractivity contribution is 0.0682. The van der Waals surface area contributed by atoms with Gasteiger partial charge in [0, 0.05) is 76.4 Å². The molecule has 7 heteroatoms. The molecular formula is C28H33FN4O2. The summed E-state index contributed by atoms with van der Waals surface area (Å²) < 4.78 is 19.7. The minimum absolute atomic E-state index is 0.163. The van der Waals surface area contributed by atoms with Gasteiger partial charge < -0.3 is 14.7 Å². The topological polar surface area (TPSA) is 52.1 Å². The Labute approximate surface area is 206 Å². The first-order valence-electron chi connectivity index (χ1n) is 12.3. The average molecular weight is 477 g/mol. The molecule has 1 N–H and O–H groups in total. The van der Waals surface area contributed by atoms with Crippen LogP contribution in [-0.4, -0.2) is 65.8 Å². The minimum Gasteiger partial charge on any atom is -0.489 e. The zero-order chi connectivity index (χ0) is 24.2. The maximum absolute atomic E-state index is 13.9. The Morgan fingerprint density at radius 3 is 2.57 bits per heavy atom. The molecule has 0 bridgehead atoms. The molecule has 0 amide bonds. The Morgan fingerprint density at radius 2 is 1.74 bits per heavy atom. The van der Waals surface area contributed by atoms with E-state index in [1.54, 1.807) is 12.3 Å². The number of ether oxygens (including phenoxy) is 1. The van der Waals surface area contributed by atoms with Crippen molar-refractivity contribution >= 4 is 5.69 Å². The van der Waals surface area contributed by atoms with Gasteiger partial charge in [0.15, 0.2) is 0 Å². The van der Waals surface area contributed by atoms with Crippen molar-refractivity contribution in [3.05, 3.63) is 89.0 Å². The molecule has 184 valence electrons. The van der Waals surface area contributed by atoms with Gasteiger partial charge in [-0.2, -0.15) is 0 Å². The average Bonchev–Trinajstić information content (AvgIpc) is 3.01. The second kappa shape index (κ2) is 10.7. The van der Waals surface area contributed by atoms with E-state index in [2.05, 4.69) is 57.1 Å². The van der Waals surface area contributed by atoms with Gasteiger partial charge in [-0.15, -0.1) is 0 Å². The highest BCUT2D eigenvalue weighted by Gasteiger charge is 2.23. The van der Waals surface area contributed by atoms with Crippen molar-refractivity contribution in [3.63, 3.8) is 0 Å². The van der Waals surface area contributed by atoms with Crippen LogP contribution in [0.4, 0.5) is 10.1 Å². The summed E-state index contributed by atoms with van der Waals surface area (Å²) in [4.78, 5) is 10.7. The third-order valence-corrected chi connectivity index (χ3v) is 7.01. The van der Waals surface area contributed by atoms with Crippen LogP contribution in [0.25, 0.3) is 0 Å². The van der Waals surface area contributed by atoms with Crippen molar-refractivity contribution in [2.24, 2.45) is 0 Å². The number of pyridine rings is 1. The molecule has 3 heterocycles. The summed E-state index contributed by atoms with van der Waals surface area (Å²) in [6.45, 7) is 5.91. The van der Waals surface area contributed by atoms with E-state index in [0.717, 1.165) is 44.8 Å². The first kappa shape index (κ1) is 23.7. The Kier molecular flexibility index (Phi) is 7.27. The summed E-state index contributed by atoms with van der Waals surface area (Å²) >= 11 is 0. The van der Waals surface area contributed by atoms with E-state index >= 15 is 0 Å². The fraction of sp³-hybridized carbons (Fsp3) is 0.393. The van der Waals surface area contributed by atoms with Gasteiger partial charge in [0.25, 0.3) is 0 Å². The van der Waals surface area contributed by atoms with E-state index in [1.165, 1.54) is 22.9 Å². The molecule has 1 atom stereocenters.